The minimum atomic E-state index is -0.0465. The van der Waals surface area contributed by atoms with Crippen molar-refractivity contribution in [3.8, 4) is 0 Å². The number of nitrogens with zero attached hydrogens (tertiary/aromatic N) is 2. The molecule has 1 saturated heterocycles. The van der Waals surface area contributed by atoms with Crippen molar-refractivity contribution in [2.45, 2.75) is 18.9 Å². The lowest BCUT2D eigenvalue weighted by Gasteiger charge is -2.21. The summed E-state index contributed by atoms with van der Waals surface area (Å²) in [6.07, 6.45) is 4.31. The molecule has 0 aliphatic carbocycles. The molecule has 1 unspecified atom stereocenters. The quantitative estimate of drug-likeness (QED) is 0.843. The van der Waals surface area contributed by atoms with E-state index >= 15 is 0 Å². The highest BCUT2D eigenvalue weighted by Gasteiger charge is 2.32. The molecule has 2 atom stereocenters. The molecule has 1 aliphatic heterocycles. The molecule has 0 saturated carbocycles. The second kappa shape index (κ2) is 7.74. The molecule has 3 rings (SSSR count). The predicted molar refractivity (Wildman–Crippen MR) is 101 cm³/mol. The normalized spacial score (nSPS) is 19.3. The fraction of sp³-hybridized carbons (Fsp3) is 0.400. The number of benzene rings is 1. The topological polar surface area (TPSA) is 58.8 Å². The molecule has 6 heteroatoms. The number of likely N-dealkylation sites (tertiary alicyclic amines) is 1. The average Bonchev–Trinajstić information content (AvgIpc) is 3.23. The first-order valence-corrected chi connectivity index (χ1v) is 9.03. The summed E-state index contributed by atoms with van der Waals surface area (Å²) in [4.78, 5) is 27.2. The summed E-state index contributed by atoms with van der Waals surface area (Å²) in [5.74, 6) is -0.0393. The third kappa shape index (κ3) is 3.96. The number of aryl methyl sites for hydroxylation is 1. The molecule has 6 nitrogen and oxygen atoms in total. The van der Waals surface area contributed by atoms with E-state index in [0.717, 1.165) is 25.1 Å². The van der Waals surface area contributed by atoms with E-state index in [1.165, 1.54) is 15.5 Å². The van der Waals surface area contributed by atoms with Gasteiger partial charge in [0.1, 0.15) is 6.04 Å². The van der Waals surface area contributed by atoms with Crippen molar-refractivity contribution < 1.29 is 14.5 Å². The third-order valence-electron chi connectivity index (χ3n) is 5.03. The summed E-state index contributed by atoms with van der Waals surface area (Å²) in [6.45, 7) is 1.47. The molecule has 26 heavy (non-hydrogen) atoms. The van der Waals surface area contributed by atoms with Gasteiger partial charge in [0.15, 0.2) is 6.54 Å². The lowest BCUT2D eigenvalue weighted by atomic mass is 10.1. The number of anilines is 1. The standard InChI is InChI=1S/C20H26N4O2/c1-22(2)20(26)15-8-10-16(11-9-15)21-19(25)14-24-13-5-7-18(24)17-6-4-12-23(17)3/h4,6,8-12,18H,5,7,13-14H2,1-3H3,(H,21,25)/p+1/t18-/m0/s1. The van der Waals surface area contributed by atoms with Crippen LogP contribution >= 0.6 is 0 Å². The summed E-state index contributed by atoms with van der Waals surface area (Å²) < 4.78 is 2.15. The maximum atomic E-state index is 12.5. The fourth-order valence-corrected chi connectivity index (χ4v) is 3.68. The Morgan fingerprint density at radius 3 is 2.58 bits per heavy atom. The zero-order valence-corrected chi connectivity index (χ0v) is 15.7. The van der Waals surface area contributed by atoms with Crippen LogP contribution in [-0.2, 0) is 11.8 Å². The molecule has 2 N–H and O–H groups in total. The number of carbonyl (C=O) groups excluding carboxylic acids is 2. The van der Waals surface area contributed by atoms with Gasteiger partial charge in [0.2, 0.25) is 0 Å². The van der Waals surface area contributed by atoms with Gasteiger partial charge in [0.05, 0.1) is 12.2 Å². The van der Waals surface area contributed by atoms with E-state index in [0.29, 0.717) is 18.2 Å². The van der Waals surface area contributed by atoms with Crippen LogP contribution < -0.4 is 10.2 Å². The van der Waals surface area contributed by atoms with E-state index in [1.54, 1.807) is 38.4 Å². The second-order valence-electron chi connectivity index (χ2n) is 7.15. The van der Waals surface area contributed by atoms with Crippen molar-refractivity contribution in [1.82, 2.24) is 9.47 Å². The van der Waals surface area contributed by atoms with Crippen LogP contribution in [-0.4, -0.2) is 48.5 Å². The molecule has 138 valence electrons. The van der Waals surface area contributed by atoms with Crippen molar-refractivity contribution in [3.05, 3.63) is 53.9 Å². The summed E-state index contributed by atoms with van der Waals surface area (Å²) >= 11 is 0. The zero-order valence-electron chi connectivity index (χ0n) is 15.7. The first-order valence-electron chi connectivity index (χ1n) is 9.03. The Labute approximate surface area is 154 Å². The monoisotopic (exact) mass is 355 g/mol. The van der Waals surface area contributed by atoms with E-state index in [4.69, 9.17) is 0 Å². The lowest BCUT2D eigenvalue weighted by Crippen LogP contribution is -3.11. The maximum absolute atomic E-state index is 12.5. The van der Waals surface area contributed by atoms with Crippen molar-refractivity contribution in [1.29, 1.82) is 0 Å². The number of carbonyl (C=O) groups is 2. The first-order chi connectivity index (χ1) is 12.5. The van der Waals surface area contributed by atoms with Crippen LogP contribution in [0.5, 0.6) is 0 Å². The third-order valence-corrected chi connectivity index (χ3v) is 5.03. The van der Waals surface area contributed by atoms with Crippen molar-refractivity contribution in [2.75, 3.05) is 32.5 Å². The highest BCUT2D eigenvalue weighted by Crippen LogP contribution is 2.19. The Kier molecular flexibility index (Phi) is 5.42. The molecule has 0 spiro atoms. The van der Waals surface area contributed by atoms with E-state index in [-0.39, 0.29) is 11.8 Å². The highest BCUT2D eigenvalue weighted by molar-refractivity contribution is 5.95. The second-order valence-corrected chi connectivity index (χ2v) is 7.15. The Balaban J connectivity index is 1.60. The Hall–Kier alpha value is -2.60. The van der Waals surface area contributed by atoms with Crippen LogP contribution in [0.1, 0.15) is 34.9 Å². The number of rotatable bonds is 5. The van der Waals surface area contributed by atoms with Gasteiger partial charge in [-0.05, 0) is 36.4 Å². The summed E-state index contributed by atoms with van der Waals surface area (Å²) in [5, 5.41) is 2.95. The van der Waals surface area contributed by atoms with Crippen LogP contribution in [0.15, 0.2) is 42.6 Å². The van der Waals surface area contributed by atoms with E-state index in [9.17, 15) is 9.59 Å². The molecular formula is C20H27N4O2+. The van der Waals surface area contributed by atoms with E-state index in [1.807, 2.05) is 0 Å². The number of hydrogen-bond donors (Lipinski definition) is 2. The van der Waals surface area contributed by atoms with Crippen molar-refractivity contribution in [3.63, 3.8) is 0 Å². The summed E-state index contributed by atoms with van der Waals surface area (Å²) in [7, 11) is 5.50. The Morgan fingerprint density at radius 2 is 1.96 bits per heavy atom. The van der Waals surface area contributed by atoms with Crippen LogP contribution in [0.2, 0.25) is 0 Å². The molecule has 1 aromatic heterocycles. The van der Waals surface area contributed by atoms with Gasteiger partial charge in [-0.3, -0.25) is 9.59 Å². The van der Waals surface area contributed by atoms with Gasteiger partial charge in [-0.15, -0.1) is 0 Å². The average molecular weight is 355 g/mol. The van der Waals surface area contributed by atoms with Crippen molar-refractivity contribution in [2.24, 2.45) is 7.05 Å². The van der Waals surface area contributed by atoms with Gasteiger partial charge in [0.25, 0.3) is 11.8 Å². The maximum Gasteiger partial charge on any atom is 0.279 e. The van der Waals surface area contributed by atoms with Crippen LogP contribution in [0, 0.1) is 0 Å². The van der Waals surface area contributed by atoms with Gasteiger partial charge in [0, 0.05) is 51.4 Å². The summed E-state index contributed by atoms with van der Waals surface area (Å²) in [6, 6.07) is 11.6. The highest BCUT2D eigenvalue weighted by atomic mass is 16.2. The molecule has 2 aromatic rings. The Bertz CT molecular complexity index is 779. The van der Waals surface area contributed by atoms with Crippen LogP contribution in [0.3, 0.4) is 0 Å². The molecule has 0 radical (unpaired) electrons. The molecule has 2 heterocycles. The number of amides is 2. The molecule has 1 fully saturated rings. The smallest absolute Gasteiger partial charge is 0.279 e. The lowest BCUT2D eigenvalue weighted by molar-refractivity contribution is -0.910. The number of quaternary nitrogens is 1. The largest absolute Gasteiger partial charge is 0.350 e. The Morgan fingerprint density at radius 1 is 1.23 bits per heavy atom. The minimum absolute atomic E-state index is 0.00722. The predicted octanol–water partition coefficient (Wildman–Crippen LogP) is 1.09. The number of hydrogen-bond acceptors (Lipinski definition) is 2. The van der Waals surface area contributed by atoms with Gasteiger partial charge >= 0.3 is 0 Å². The molecular weight excluding hydrogens is 328 g/mol. The first kappa shape index (κ1) is 18.2. The van der Waals surface area contributed by atoms with Crippen molar-refractivity contribution >= 4 is 17.5 Å². The molecule has 2 amide bonds. The molecule has 0 bridgehead atoms. The van der Waals surface area contributed by atoms with E-state index < -0.39 is 0 Å². The van der Waals surface area contributed by atoms with Gasteiger partial charge in [-0.2, -0.15) is 0 Å². The fourth-order valence-electron chi connectivity index (χ4n) is 3.68. The zero-order chi connectivity index (χ0) is 18.7. The SMILES string of the molecule is CN(C)C(=O)c1ccc(NC(=O)C[NH+]2CCC[C@H]2c2cccn2C)cc1. The molecule has 1 aromatic carbocycles. The number of nitrogens with one attached hydrogen (secondary N) is 2. The van der Waals surface area contributed by atoms with Gasteiger partial charge < -0.3 is 19.7 Å². The minimum Gasteiger partial charge on any atom is -0.350 e. The van der Waals surface area contributed by atoms with Gasteiger partial charge in [-0.1, -0.05) is 0 Å². The van der Waals surface area contributed by atoms with Crippen LogP contribution in [0.25, 0.3) is 0 Å². The number of aromatic nitrogens is 1. The summed E-state index contributed by atoms with van der Waals surface area (Å²) in [5.41, 5.74) is 2.62. The van der Waals surface area contributed by atoms with E-state index in [2.05, 4.69) is 35.3 Å². The van der Waals surface area contributed by atoms with Crippen LogP contribution in [0.4, 0.5) is 5.69 Å². The van der Waals surface area contributed by atoms with Gasteiger partial charge in [-0.25, -0.2) is 0 Å². The molecule has 1 aliphatic rings.